The molecule has 7 heteroatoms. The van der Waals surface area contributed by atoms with E-state index in [9.17, 15) is 14.7 Å². The van der Waals surface area contributed by atoms with E-state index in [2.05, 4.69) is 30.2 Å². The summed E-state index contributed by atoms with van der Waals surface area (Å²) in [6, 6.07) is 14.0. The zero-order valence-electron chi connectivity index (χ0n) is 19.6. The van der Waals surface area contributed by atoms with Gasteiger partial charge in [0.25, 0.3) is 11.8 Å². The van der Waals surface area contributed by atoms with Crippen LogP contribution in [0, 0.1) is 0 Å². The molecule has 2 heterocycles. The fourth-order valence-electron chi connectivity index (χ4n) is 4.25. The Morgan fingerprint density at radius 3 is 2.15 bits per heavy atom. The molecule has 2 aromatic carbocycles. The first-order chi connectivity index (χ1) is 16.0. The van der Waals surface area contributed by atoms with Gasteiger partial charge in [-0.05, 0) is 55.2 Å². The van der Waals surface area contributed by atoms with Crippen molar-refractivity contribution < 1.29 is 14.7 Å². The van der Waals surface area contributed by atoms with Crippen LogP contribution in [0.4, 0.5) is 0 Å². The average molecular weight is 449 g/mol. The Morgan fingerprint density at radius 2 is 1.55 bits per heavy atom. The zero-order valence-corrected chi connectivity index (χ0v) is 19.6. The molecule has 1 aliphatic carbocycles. The molecule has 33 heavy (non-hydrogen) atoms. The maximum Gasteiger partial charge on any atom is 0.254 e. The molecule has 1 N–H and O–H groups in total. The predicted octanol–water partition coefficient (Wildman–Crippen LogP) is 3.56. The van der Waals surface area contributed by atoms with Crippen molar-refractivity contribution in [1.29, 1.82) is 0 Å². The number of amides is 2. The molecule has 0 bridgehead atoms. The van der Waals surface area contributed by atoms with Gasteiger partial charge in [0.1, 0.15) is 5.60 Å². The standard InChI is InChI=1S/C24H26N4O3.C2H6/c1-2-28-21-8-7-19(15-20(21)16-25-28)17-3-5-18(6-4-17)22(29)26-11-13-27(14-12-26)23(30)24(31)9-10-24;1-2/h3-8,15-16,31H,2,9-14H2,1H3;1-2H3. The largest absolute Gasteiger partial charge is 0.380 e. The maximum atomic E-state index is 12.9. The number of nitrogens with zero attached hydrogens (tertiary/aromatic N) is 4. The fourth-order valence-corrected chi connectivity index (χ4v) is 4.25. The third-order valence-corrected chi connectivity index (χ3v) is 6.38. The van der Waals surface area contributed by atoms with E-state index < -0.39 is 5.60 Å². The summed E-state index contributed by atoms with van der Waals surface area (Å²) >= 11 is 0. The van der Waals surface area contributed by atoms with Gasteiger partial charge in [-0.1, -0.05) is 32.0 Å². The molecule has 0 radical (unpaired) electrons. The van der Waals surface area contributed by atoms with Crippen LogP contribution in [-0.2, 0) is 11.3 Å². The molecule has 174 valence electrons. The highest BCUT2D eigenvalue weighted by atomic mass is 16.3. The molecule has 0 spiro atoms. The smallest absolute Gasteiger partial charge is 0.254 e. The second-order valence-corrected chi connectivity index (χ2v) is 8.43. The third-order valence-electron chi connectivity index (χ3n) is 6.38. The summed E-state index contributed by atoms with van der Waals surface area (Å²) < 4.78 is 1.97. The van der Waals surface area contributed by atoms with Crippen LogP contribution >= 0.6 is 0 Å². The summed E-state index contributed by atoms with van der Waals surface area (Å²) in [6.07, 6.45) is 2.98. The van der Waals surface area contributed by atoms with Crippen molar-refractivity contribution in [1.82, 2.24) is 19.6 Å². The minimum absolute atomic E-state index is 0.0246. The molecule has 7 nitrogen and oxygen atoms in total. The highest BCUT2D eigenvalue weighted by molar-refractivity contribution is 5.95. The van der Waals surface area contributed by atoms with Gasteiger partial charge in [0, 0.05) is 43.7 Å². The van der Waals surface area contributed by atoms with Crippen LogP contribution in [0.3, 0.4) is 0 Å². The summed E-state index contributed by atoms with van der Waals surface area (Å²) in [5.41, 5.74) is 2.76. The normalized spacial score (nSPS) is 16.8. The van der Waals surface area contributed by atoms with Gasteiger partial charge in [-0.2, -0.15) is 5.10 Å². The minimum Gasteiger partial charge on any atom is -0.380 e. The lowest BCUT2D eigenvalue weighted by atomic mass is 10.0. The van der Waals surface area contributed by atoms with Crippen LogP contribution in [0.1, 0.15) is 44.0 Å². The first-order valence-corrected chi connectivity index (χ1v) is 11.9. The summed E-state index contributed by atoms with van der Waals surface area (Å²) in [5.74, 6) is -0.214. The van der Waals surface area contributed by atoms with Crippen molar-refractivity contribution in [2.75, 3.05) is 26.2 Å². The van der Waals surface area contributed by atoms with E-state index in [1.165, 1.54) is 0 Å². The molecule has 0 unspecified atom stereocenters. The molecule has 3 aromatic rings. The van der Waals surface area contributed by atoms with Crippen molar-refractivity contribution in [2.45, 2.75) is 45.8 Å². The average Bonchev–Trinajstić information content (AvgIpc) is 3.50. The van der Waals surface area contributed by atoms with Crippen LogP contribution in [-0.4, -0.2) is 68.3 Å². The van der Waals surface area contributed by atoms with Gasteiger partial charge in [0.05, 0.1) is 11.7 Å². The number of hydrogen-bond acceptors (Lipinski definition) is 4. The Morgan fingerprint density at radius 1 is 0.939 bits per heavy atom. The van der Waals surface area contributed by atoms with Gasteiger partial charge < -0.3 is 14.9 Å². The Bertz CT molecular complexity index is 1140. The first kappa shape index (κ1) is 23.0. The summed E-state index contributed by atoms with van der Waals surface area (Å²) in [7, 11) is 0. The maximum absolute atomic E-state index is 12.9. The Labute approximate surface area is 194 Å². The van der Waals surface area contributed by atoms with Crippen LogP contribution in [0.15, 0.2) is 48.7 Å². The summed E-state index contributed by atoms with van der Waals surface area (Å²) in [6.45, 7) is 8.82. The molecule has 1 saturated carbocycles. The molecule has 5 rings (SSSR count). The molecule has 2 aliphatic rings. The zero-order chi connectivity index (χ0) is 23.6. The highest BCUT2D eigenvalue weighted by Gasteiger charge is 2.50. The van der Waals surface area contributed by atoms with E-state index in [-0.39, 0.29) is 11.8 Å². The summed E-state index contributed by atoms with van der Waals surface area (Å²) in [4.78, 5) is 28.6. The second-order valence-electron chi connectivity index (χ2n) is 8.43. The van der Waals surface area contributed by atoms with Crippen molar-refractivity contribution in [3.05, 3.63) is 54.2 Å². The SMILES string of the molecule is CC.CCn1ncc2cc(-c3ccc(C(=O)N4CCN(C(=O)C5(O)CC5)CC4)cc3)ccc21. The fraction of sp³-hybridized carbons (Fsp3) is 0.423. The lowest BCUT2D eigenvalue weighted by Crippen LogP contribution is -2.53. The van der Waals surface area contributed by atoms with E-state index in [4.69, 9.17) is 0 Å². The number of fused-ring (bicyclic) bond motifs is 1. The highest BCUT2D eigenvalue weighted by Crippen LogP contribution is 2.37. The molecule has 1 aliphatic heterocycles. The Hall–Kier alpha value is -3.19. The lowest BCUT2D eigenvalue weighted by molar-refractivity contribution is -0.143. The lowest BCUT2D eigenvalue weighted by Gasteiger charge is -2.35. The molecule has 1 aromatic heterocycles. The van der Waals surface area contributed by atoms with Crippen molar-refractivity contribution in [3.63, 3.8) is 0 Å². The number of carbonyl (C=O) groups excluding carboxylic acids is 2. The predicted molar refractivity (Wildman–Crippen MR) is 129 cm³/mol. The van der Waals surface area contributed by atoms with Crippen molar-refractivity contribution in [3.8, 4) is 11.1 Å². The van der Waals surface area contributed by atoms with Gasteiger partial charge in [-0.25, -0.2) is 0 Å². The van der Waals surface area contributed by atoms with Gasteiger partial charge >= 0.3 is 0 Å². The topological polar surface area (TPSA) is 78.7 Å². The number of aliphatic hydroxyl groups is 1. The number of aryl methyl sites for hydroxylation is 1. The van der Waals surface area contributed by atoms with E-state index in [1.54, 1.807) is 9.80 Å². The molecule has 0 atom stereocenters. The van der Waals surface area contributed by atoms with Crippen LogP contribution in [0.2, 0.25) is 0 Å². The van der Waals surface area contributed by atoms with Gasteiger partial charge in [0.15, 0.2) is 0 Å². The minimum atomic E-state index is -1.14. The Kier molecular flexibility index (Phi) is 6.51. The quantitative estimate of drug-likeness (QED) is 0.662. The van der Waals surface area contributed by atoms with E-state index >= 15 is 0 Å². The van der Waals surface area contributed by atoms with E-state index in [1.807, 2.05) is 49.0 Å². The van der Waals surface area contributed by atoms with Crippen molar-refractivity contribution >= 4 is 22.7 Å². The van der Waals surface area contributed by atoms with E-state index in [0.29, 0.717) is 44.6 Å². The second kappa shape index (κ2) is 9.35. The Balaban J connectivity index is 0.00000126. The van der Waals surface area contributed by atoms with Crippen LogP contribution < -0.4 is 0 Å². The molecular weight excluding hydrogens is 416 g/mol. The molecular formula is C26H32N4O3. The molecule has 2 fully saturated rings. The molecule has 2 amide bonds. The van der Waals surface area contributed by atoms with Gasteiger partial charge in [-0.3, -0.25) is 14.3 Å². The molecule has 1 saturated heterocycles. The van der Waals surface area contributed by atoms with Crippen LogP contribution in [0.25, 0.3) is 22.0 Å². The third kappa shape index (κ3) is 4.50. The number of carbonyl (C=O) groups is 2. The number of aromatic nitrogens is 2. The van der Waals surface area contributed by atoms with E-state index in [0.717, 1.165) is 28.6 Å². The van der Waals surface area contributed by atoms with Crippen LogP contribution in [0.5, 0.6) is 0 Å². The van der Waals surface area contributed by atoms with Crippen molar-refractivity contribution in [2.24, 2.45) is 0 Å². The number of hydrogen-bond donors (Lipinski definition) is 1. The number of piperazine rings is 1. The number of benzene rings is 2. The van der Waals surface area contributed by atoms with Gasteiger partial charge in [0.2, 0.25) is 0 Å². The summed E-state index contributed by atoms with van der Waals surface area (Å²) in [5, 5.41) is 15.5. The number of rotatable bonds is 4. The van der Waals surface area contributed by atoms with Gasteiger partial charge in [-0.15, -0.1) is 0 Å². The monoisotopic (exact) mass is 448 g/mol. The first-order valence-electron chi connectivity index (χ1n) is 11.9.